The van der Waals surface area contributed by atoms with Crippen LogP contribution in [0.15, 0.2) is 24.4 Å². The van der Waals surface area contributed by atoms with E-state index in [1.165, 1.54) is 0 Å². The lowest BCUT2D eigenvalue weighted by molar-refractivity contribution is 0.575. The fourth-order valence-electron chi connectivity index (χ4n) is 1.47. The molecule has 1 heterocycles. The van der Waals surface area contributed by atoms with Gasteiger partial charge in [-0.3, -0.25) is 4.98 Å². The molecule has 1 unspecified atom stereocenters. The fraction of sp³-hybridized carbons (Fsp3) is 0.583. The molecule has 1 aromatic rings. The van der Waals surface area contributed by atoms with Crippen LogP contribution >= 0.6 is 11.6 Å². The molecule has 4 nitrogen and oxygen atoms in total. The SMILES string of the molecule is CC(Cl)CCCNS(=O)(=O)CCc1ccccn1. The predicted octanol–water partition coefficient (Wildman–Crippen LogP) is 1.95. The van der Waals surface area contributed by atoms with Crippen molar-refractivity contribution in [3.05, 3.63) is 30.1 Å². The third-order valence-corrected chi connectivity index (χ3v) is 4.06. The number of aryl methyl sites for hydroxylation is 1. The normalized spacial score (nSPS) is 13.4. The van der Waals surface area contributed by atoms with Crippen molar-refractivity contribution in [3.63, 3.8) is 0 Å². The van der Waals surface area contributed by atoms with E-state index in [0.29, 0.717) is 13.0 Å². The van der Waals surface area contributed by atoms with E-state index in [9.17, 15) is 8.42 Å². The van der Waals surface area contributed by atoms with Gasteiger partial charge in [0.2, 0.25) is 10.0 Å². The number of pyridine rings is 1. The highest BCUT2D eigenvalue weighted by molar-refractivity contribution is 7.89. The van der Waals surface area contributed by atoms with Crippen molar-refractivity contribution in [2.24, 2.45) is 0 Å². The second kappa shape index (κ2) is 7.71. The minimum atomic E-state index is -3.21. The first-order chi connectivity index (χ1) is 8.49. The number of halogens is 1. The first-order valence-corrected chi connectivity index (χ1v) is 8.10. The lowest BCUT2D eigenvalue weighted by Crippen LogP contribution is -2.28. The summed E-state index contributed by atoms with van der Waals surface area (Å²) in [6, 6.07) is 5.48. The highest BCUT2D eigenvalue weighted by Gasteiger charge is 2.10. The topological polar surface area (TPSA) is 59.1 Å². The molecule has 0 fully saturated rings. The number of alkyl halides is 1. The average molecular weight is 291 g/mol. The van der Waals surface area contributed by atoms with Crippen LogP contribution in [-0.2, 0) is 16.4 Å². The van der Waals surface area contributed by atoms with Crippen LogP contribution in [0.4, 0.5) is 0 Å². The molecule has 1 atom stereocenters. The quantitative estimate of drug-likeness (QED) is 0.588. The largest absolute Gasteiger partial charge is 0.261 e. The van der Waals surface area contributed by atoms with Gasteiger partial charge in [0.15, 0.2) is 0 Å². The summed E-state index contributed by atoms with van der Waals surface area (Å²) in [4.78, 5) is 4.09. The van der Waals surface area contributed by atoms with E-state index in [4.69, 9.17) is 11.6 Å². The maximum absolute atomic E-state index is 11.7. The minimum Gasteiger partial charge on any atom is -0.261 e. The molecule has 0 aromatic carbocycles. The molecule has 0 spiro atoms. The number of rotatable bonds is 8. The Hall–Kier alpha value is -0.650. The summed E-state index contributed by atoms with van der Waals surface area (Å²) in [6.07, 6.45) is 3.66. The molecular weight excluding hydrogens is 272 g/mol. The molecule has 1 N–H and O–H groups in total. The maximum atomic E-state index is 11.7. The molecule has 0 radical (unpaired) electrons. The summed E-state index contributed by atoms with van der Waals surface area (Å²) < 4.78 is 25.9. The Balaban J connectivity index is 2.28. The third kappa shape index (κ3) is 6.93. The van der Waals surface area contributed by atoms with Gasteiger partial charge >= 0.3 is 0 Å². The van der Waals surface area contributed by atoms with E-state index < -0.39 is 10.0 Å². The number of nitrogens with zero attached hydrogens (tertiary/aromatic N) is 1. The summed E-state index contributed by atoms with van der Waals surface area (Å²) in [6.45, 7) is 2.35. The lowest BCUT2D eigenvalue weighted by atomic mass is 10.2. The van der Waals surface area contributed by atoms with Crippen LogP contribution in [0.2, 0.25) is 0 Å². The van der Waals surface area contributed by atoms with Crippen molar-refractivity contribution in [1.82, 2.24) is 9.71 Å². The molecule has 0 bridgehead atoms. The van der Waals surface area contributed by atoms with Crippen molar-refractivity contribution in [1.29, 1.82) is 0 Å². The van der Waals surface area contributed by atoms with Crippen LogP contribution in [-0.4, -0.2) is 31.1 Å². The predicted molar refractivity (Wildman–Crippen MR) is 74.3 cm³/mol. The smallest absolute Gasteiger partial charge is 0.211 e. The van der Waals surface area contributed by atoms with E-state index in [1.807, 2.05) is 25.1 Å². The van der Waals surface area contributed by atoms with Gasteiger partial charge in [-0.15, -0.1) is 11.6 Å². The van der Waals surface area contributed by atoms with Gasteiger partial charge in [-0.05, 0) is 31.9 Å². The molecule has 1 rings (SSSR count). The Morgan fingerprint density at radius 2 is 2.22 bits per heavy atom. The standard InChI is InChI=1S/C12H19ClN2O2S/c1-11(13)5-4-9-15-18(16,17)10-7-12-6-2-3-8-14-12/h2-3,6,8,11,15H,4-5,7,9-10H2,1H3. The van der Waals surface area contributed by atoms with Crippen LogP contribution in [0, 0.1) is 0 Å². The molecule has 0 aliphatic carbocycles. The van der Waals surface area contributed by atoms with Gasteiger partial charge in [0.05, 0.1) is 5.75 Å². The molecule has 0 aliphatic heterocycles. The van der Waals surface area contributed by atoms with Crippen LogP contribution in [0.1, 0.15) is 25.5 Å². The van der Waals surface area contributed by atoms with Gasteiger partial charge in [-0.1, -0.05) is 6.07 Å². The van der Waals surface area contributed by atoms with Crippen LogP contribution in [0.25, 0.3) is 0 Å². The van der Waals surface area contributed by atoms with Gasteiger partial charge in [0.25, 0.3) is 0 Å². The highest BCUT2D eigenvalue weighted by atomic mass is 35.5. The van der Waals surface area contributed by atoms with Gasteiger partial charge in [0.1, 0.15) is 0 Å². The van der Waals surface area contributed by atoms with Crippen LogP contribution in [0.5, 0.6) is 0 Å². The zero-order valence-corrected chi connectivity index (χ0v) is 12.0. The number of hydrogen-bond acceptors (Lipinski definition) is 3. The monoisotopic (exact) mass is 290 g/mol. The summed E-state index contributed by atoms with van der Waals surface area (Å²) >= 11 is 5.78. The summed E-state index contributed by atoms with van der Waals surface area (Å²) in [5.74, 6) is 0.0699. The molecule has 1 aromatic heterocycles. The lowest BCUT2D eigenvalue weighted by Gasteiger charge is -2.07. The highest BCUT2D eigenvalue weighted by Crippen LogP contribution is 2.03. The first-order valence-electron chi connectivity index (χ1n) is 6.01. The van der Waals surface area contributed by atoms with E-state index in [1.54, 1.807) is 6.20 Å². The Kier molecular flexibility index (Phi) is 6.60. The van der Waals surface area contributed by atoms with Crippen LogP contribution < -0.4 is 4.72 Å². The van der Waals surface area contributed by atoms with Gasteiger partial charge < -0.3 is 0 Å². The minimum absolute atomic E-state index is 0.0699. The zero-order valence-electron chi connectivity index (χ0n) is 10.5. The maximum Gasteiger partial charge on any atom is 0.211 e. The Morgan fingerprint density at radius 3 is 2.83 bits per heavy atom. The van der Waals surface area contributed by atoms with E-state index >= 15 is 0 Å². The molecule has 0 aliphatic rings. The Morgan fingerprint density at radius 1 is 1.44 bits per heavy atom. The molecule has 102 valence electrons. The molecule has 0 saturated carbocycles. The number of sulfonamides is 1. The first kappa shape index (κ1) is 15.4. The summed E-state index contributed by atoms with van der Waals surface area (Å²) in [7, 11) is -3.21. The molecule has 6 heteroatoms. The number of hydrogen-bond donors (Lipinski definition) is 1. The second-order valence-corrected chi connectivity index (χ2v) is 6.88. The van der Waals surface area contributed by atoms with E-state index in [-0.39, 0.29) is 11.1 Å². The molecule has 0 amide bonds. The summed E-state index contributed by atoms with van der Waals surface area (Å²) in [5.41, 5.74) is 0.789. The molecule has 18 heavy (non-hydrogen) atoms. The Labute approximate surface area is 114 Å². The van der Waals surface area contributed by atoms with Crippen molar-refractivity contribution in [2.45, 2.75) is 31.6 Å². The fourth-order valence-corrected chi connectivity index (χ4v) is 2.70. The summed E-state index contributed by atoms with van der Waals surface area (Å²) in [5, 5.41) is 0.0861. The molecular formula is C12H19ClN2O2S. The van der Waals surface area contributed by atoms with E-state index in [0.717, 1.165) is 18.5 Å². The van der Waals surface area contributed by atoms with Gasteiger partial charge in [0, 0.05) is 30.2 Å². The van der Waals surface area contributed by atoms with Crippen molar-refractivity contribution in [3.8, 4) is 0 Å². The molecule has 0 saturated heterocycles. The van der Waals surface area contributed by atoms with Crippen molar-refractivity contribution >= 4 is 21.6 Å². The second-order valence-electron chi connectivity index (χ2n) is 4.21. The average Bonchev–Trinajstić information content (AvgIpc) is 2.34. The Bertz CT molecular complexity index is 435. The number of aromatic nitrogens is 1. The third-order valence-electron chi connectivity index (χ3n) is 2.45. The van der Waals surface area contributed by atoms with Crippen LogP contribution in [0.3, 0.4) is 0 Å². The number of nitrogens with one attached hydrogen (secondary N) is 1. The van der Waals surface area contributed by atoms with Crippen molar-refractivity contribution < 1.29 is 8.42 Å². The van der Waals surface area contributed by atoms with Gasteiger partial charge in [-0.2, -0.15) is 0 Å². The zero-order chi connectivity index (χ0) is 13.4. The van der Waals surface area contributed by atoms with E-state index in [2.05, 4.69) is 9.71 Å². The van der Waals surface area contributed by atoms with Crippen molar-refractivity contribution in [2.75, 3.05) is 12.3 Å². The van der Waals surface area contributed by atoms with Gasteiger partial charge in [-0.25, -0.2) is 13.1 Å².